The van der Waals surface area contributed by atoms with Crippen LogP contribution in [0.5, 0.6) is 0 Å². The molecule has 0 fully saturated rings. The average molecular weight is 305 g/mol. The van der Waals surface area contributed by atoms with Crippen LogP contribution in [0.2, 0.25) is 0 Å². The van der Waals surface area contributed by atoms with E-state index in [1.54, 1.807) is 7.05 Å². The Labute approximate surface area is 121 Å². The van der Waals surface area contributed by atoms with Gasteiger partial charge in [0, 0.05) is 6.04 Å². The van der Waals surface area contributed by atoms with E-state index in [1.165, 1.54) is 11.1 Å². The van der Waals surface area contributed by atoms with Gasteiger partial charge < -0.3 is 10.1 Å². The Kier molecular flexibility index (Phi) is 5.22. The van der Waals surface area contributed by atoms with Gasteiger partial charge in [-0.25, -0.2) is 8.78 Å². The van der Waals surface area contributed by atoms with E-state index in [2.05, 4.69) is 17.4 Å². The highest BCUT2D eigenvalue weighted by Crippen LogP contribution is 2.38. The van der Waals surface area contributed by atoms with Crippen molar-refractivity contribution >= 4 is 0 Å². The highest BCUT2D eigenvalue weighted by Gasteiger charge is 2.41. The van der Waals surface area contributed by atoms with Crippen LogP contribution in [0.25, 0.3) is 0 Å². The molecule has 2 atom stereocenters. The van der Waals surface area contributed by atoms with Crippen LogP contribution in [0.4, 0.5) is 17.6 Å². The maximum absolute atomic E-state index is 12.7. The molecule has 0 amide bonds. The van der Waals surface area contributed by atoms with Crippen LogP contribution in [0.15, 0.2) is 24.3 Å². The zero-order chi connectivity index (χ0) is 15.5. The van der Waals surface area contributed by atoms with E-state index >= 15 is 0 Å². The molecule has 0 aliphatic heterocycles. The summed E-state index contributed by atoms with van der Waals surface area (Å²) in [6.45, 7) is -1.25. The summed E-state index contributed by atoms with van der Waals surface area (Å²) in [6.07, 6.45) is -1.99. The van der Waals surface area contributed by atoms with Crippen LogP contribution in [-0.2, 0) is 11.2 Å². The Morgan fingerprint density at radius 2 is 2.05 bits per heavy atom. The Hall–Kier alpha value is -1.14. The van der Waals surface area contributed by atoms with E-state index in [1.807, 2.05) is 12.1 Å². The minimum atomic E-state index is -4.08. The van der Waals surface area contributed by atoms with Gasteiger partial charge in [0.05, 0.1) is 6.61 Å². The number of halogens is 4. The number of alkyl halides is 4. The molecule has 0 saturated heterocycles. The third kappa shape index (κ3) is 3.95. The topological polar surface area (TPSA) is 21.3 Å². The van der Waals surface area contributed by atoms with Crippen LogP contribution >= 0.6 is 0 Å². The summed E-state index contributed by atoms with van der Waals surface area (Å²) in [7, 11) is 1.71. The van der Waals surface area contributed by atoms with Crippen molar-refractivity contribution in [1.82, 2.24) is 5.32 Å². The highest BCUT2D eigenvalue weighted by molar-refractivity contribution is 5.39. The molecule has 118 valence electrons. The fraction of sp³-hybridized carbons (Fsp3) is 0.600. The fourth-order valence-electron chi connectivity index (χ4n) is 2.59. The molecule has 0 spiro atoms. The minimum Gasteiger partial charge on any atom is -0.373 e. The fourth-order valence-corrected chi connectivity index (χ4v) is 2.59. The third-order valence-corrected chi connectivity index (χ3v) is 3.87. The normalized spacial score (nSPS) is 19.2. The molecule has 21 heavy (non-hydrogen) atoms. The number of hydrogen-bond donors (Lipinski definition) is 1. The molecule has 0 saturated carbocycles. The first kappa shape index (κ1) is 16.2. The molecule has 1 aromatic rings. The van der Waals surface area contributed by atoms with Gasteiger partial charge in [-0.05, 0) is 36.9 Å². The first-order chi connectivity index (χ1) is 9.94. The molecule has 1 N–H and O–H groups in total. The van der Waals surface area contributed by atoms with Gasteiger partial charge in [-0.2, -0.15) is 8.78 Å². The van der Waals surface area contributed by atoms with E-state index in [-0.39, 0.29) is 12.6 Å². The quantitative estimate of drug-likeness (QED) is 0.745. The smallest absolute Gasteiger partial charge is 0.330 e. The SMILES string of the molecule is CNC(COCC(F)(F)C(F)F)CC1Cc2ccccc21. The lowest BCUT2D eigenvalue weighted by Crippen LogP contribution is -2.38. The molecule has 1 aliphatic carbocycles. The van der Waals surface area contributed by atoms with Gasteiger partial charge in [0.15, 0.2) is 0 Å². The lowest BCUT2D eigenvalue weighted by atomic mass is 9.74. The van der Waals surface area contributed by atoms with E-state index in [4.69, 9.17) is 4.74 Å². The van der Waals surface area contributed by atoms with Crippen molar-refractivity contribution in [2.45, 2.75) is 37.1 Å². The number of rotatable bonds is 8. The average Bonchev–Trinajstić information content (AvgIpc) is 2.42. The molecule has 0 aromatic heterocycles. The van der Waals surface area contributed by atoms with Gasteiger partial charge in [0.25, 0.3) is 0 Å². The highest BCUT2D eigenvalue weighted by atomic mass is 19.3. The molecular weight excluding hydrogens is 286 g/mol. The molecule has 0 radical (unpaired) electrons. The number of likely N-dealkylation sites (N-methyl/N-ethyl adjacent to an activating group) is 1. The molecule has 2 unspecified atom stereocenters. The van der Waals surface area contributed by atoms with Gasteiger partial charge in [0.2, 0.25) is 0 Å². The van der Waals surface area contributed by atoms with Crippen LogP contribution in [0.1, 0.15) is 23.5 Å². The maximum Gasteiger partial charge on any atom is 0.330 e. The number of ether oxygens (including phenoxy) is 1. The van der Waals surface area contributed by atoms with Gasteiger partial charge in [0.1, 0.15) is 6.61 Å². The van der Waals surface area contributed by atoms with E-state index < -0.39 is 19.0 Å². The van der Waals surface area contributed by atoms with E-state index in [0.29, 0.717) is 5.92 Å². The number of hydrogen-bond acceptors (Lipinski definition) is 2. The summed E-state index contributed by atoms with van der Waals surface area (Å²) in [5, 5.41) is 2.99. The van der Waals surface area contributed by atoms with E-state index in [9.17, 15) is 17.6 Å². The standard InChI is InChI=1S/C15H19F4NO/c1-20-12(8-21-9-15(18,19)14(16)17)7-11-6-10-4-2-3-5-13(10)11/h2-5,11-12,14,20H,6-9H2,1H3. The Morgan fingerprint density at radius 1 is 1.33 bits per heavy atom. The van der Waals surface area contributed by atoms with Crippen molar-refractivity contribution < 1.29 is 22.3 Å². The summed E-state index contributed by atoms with van der Waals surface area (Å²) in [6, 6.07) is 7.96. The minimum absolute atomic E-state index is 0.00250. The summed E-state index contributed by atoms with van der Waals surface area (Å²) in [4.78, 5) is 0. The zero-order valence-electron chi connectivity index (χ0n) is 11.8. The van der Waals surface area contributed by atoms with Crippen LogP contribution < -0.4 is 5.32 Å². The second-order valence-corrected chi connectivity index (χ2v) is 5.40. The predicted molar refractivity (Wildman–Crippen MR) is 72.1 cm³/mol. The first-order valence-corrected chi connectivity index (χ1v) is 6.93. The van der Waals surface area contributed by atoms with Crippen molar-refractivity contribution in [1.29, 1.82) is 0 Å². The summed E-state index contributed by atoms with van der Waals surface area (Å²) < 4.78 is 54.3. The Bertz CT molecular complexity index is 467. The van der Waals surface area contributed by atoms with Crippen LogP contribution in [0.3, 0.4) is 0 Å². The largest absolute Gasteiger partial charge is 0.373 e. The van der Waals surface area contributed by atoms with E-state index in [0.717, 1.165) is 12.8 Å². The monoisotopic (exact) mass is 305 g/mol. The predicted octanol–water partition coefficient (Wildman–Crippen LogP) is 3.22. The van der Waals surface area contributed by atoms with Crippen molar-refractivity contribution in [3.05, 3.63) is 35.4 Å². The molecule has 1 aromatic carbocycles. The summed E-state index contributed by atoms with van der Waals surface area (Å²) in [5.74, 6) is -3.71. The van der Waals surface area contributed by atoms with Crippen molar-refractivity contribution in [2.75, 3.05) is 20.3 Å². The summed E-state index contributed by atoms with van der Waals surface area (Å²) in [5.41, 5.74) is 2.58. The van der Waals surface area contributed by atoms with Crippen molar-refractivity contribution in [3.8, 4) is 0 Å². The van der Waals surface area contributed by atoms with Crippen LogP contribution in [0, 0.1) is 0 Å². The summed E-state index contributed by atoms with van der Waals surface area (Å²) >= 11 is 0. The van der Waals surface area contributed by atoms with Gasteiger partial charge in [-0.15, -0.1) is 0 Å². The van der Waals surface area contributed by atoms with Crippen molar-refractivity contribution in [2.24, 2.45) is 0 Å². The number of nitrogens with one attached hydrogen (secondary N) is 1. The lowest BCUT2D eigenvalue weighted by Gasteiger charge is -2.33. The van der Waals surface area contributed by atoms with Gasteiger partial charge in [-0.1, -0.05) is 24.3 Å². The molecule has 2 nitrogen and oxygen atoms in total. The molecule has 0 bridgehead atoms. The van der Waals surface area contributed by atoms with Gasteiger partial charge in [-0.3, -0.25) is 0 Å². The number of benzene rings is 1. The van der Waals surface area contributed by atoms with Crippen LogP contribution in [-0.4, -0.2) is 38.7 Å². The third-order valence-electron chi connectivity index (χ3n) is 3.87. The molecule has 2 rings (SSSR count). The Morgan fingerprint density at radius 3 is 2.67 bits per heavy atom. The molecule has 1 aliphatic rings. The second-order valence-electron chi connectivity index (χ2n) is 5.40. The molecule has 0 heterocycles. The number of fused-ring (bicyclic) bond motifs is 1. The molecular formula is C15H19F4NO. The lowest BCUT2D eigenvalue weighted by molar-refractivity contribution is -0.167. The molecule has 6 heteroatoms. The second kappa shape index (κ2) is 6.75. The Balaban J connectivity index is 1.77. The first-order valence-electron chi connectivity index (χ1n) is 6.93. The van der Waals surface area contributed by atoms with Gasteiger partial charge >= 0.3 is 12.3 Å². The van der Waals surface area contributed by atoms with Crippen molar-refractivity contribution in [3.63, 3.8) is 0 Å². The zero-order valence-corrected chi connectivity index (χ0v) is 11.8. The maximum atomic E-state index is 12.7.